The van der Waals surface area contributed by atoms with E-state index in [4.69, 9.17) is 4.74 Å². The lowest BCUT2D eigenvalue weighted by Crippen LogP contribution is -2.38. The quantitative estimate of drug-likeness (QED) is 0.730. The average Bonchev–Trinajstić information content (AvgIpc) is 2.84. The number of fused-ring (bicyclic) bond motifs is 1. The van der Waals surface area contributed by atoms with Crippen molar-refractivity contribution in [2.75, 3.05) is 0 Å². The first-order valence-electron chi connectivity index (χ1n) is 8.46. The Morgan fingerprint density at radius 2 is 1.96 bits per heavy atom. The number of rotatable bonds is 8. The van der Waals surface area contributed by atoms with Gasteiger partial charge in [-0.25, -0.2) is 4.79 Å². The van der Waals surface area contributed by atoms with Crippen LogP contribution in [0.3, 0.4) is 0 Å². The topological polar surface area (TPSA) is 63.6 Å². The van der Waals surface area contributed by atoms with Gasteiger partial charge in [-0.15, -0.1) is 0 Å². The Hall–Kier alpha value is -1.84. The molecule has 0 fully saturated rings. The van der Waals surface area contributed by atoms with Crippen molar-refractivity contribution in [2.24, 2.45) is 0 Å². The summed E-state index contributed by atoms with van der Waals surface area (Å²) in [4.78, 5) is 23.3. The van der Waals surface area contributed by atoms with Gasteiger partial charge in [0.15, 0.2) is 11.4 Å². The molecular weight excluding hydrogens is 292 g/mol. The molecule has 0 radical (unpaired) electrons. The van der Waals surface area contributed by atoms with Gasteiger partial charge in [-0.1, -0.05) is 32.3 Å². The van der Waals surface area contributed by atoms with Crippen molar-refractivity contribution in [3.8, 4) is 5.75 Å². The van der Waals surface area contributed by atoms with Crippen LogP contribution in [0.25, 0.3) is 0 Å². The lowest BCUT2D eigenvalue weighted by atomic mass is 9.99. The van der Waals surface area contributed by atoms with Crippen LogP contribution >= 0.6 is 0 Å². The number of carbonyl (C=O) groups is 2. The Labute approximate surface area is 137 Å². The Bertz CT molecular complexity index is 602. The second-order valence-corrected chi connectivity index (χ2v) is 6.77. The lowest BCUT2D eigenvalue weighted by Gasteiger charge is -2.24. The van der Waals surface area contributed by atoms with Crippen LogP contribution in [0.5, 0.6) is 5.75 Å². The molecule has 1 aromatic carbocycles. The summed E-state index contributed by atoms with van der Waals surface area (Å²) < 4.78 is 5.77. The number of carboxylic acid groups (broad SMARTS) is 1. The molecular formula is C19H26O4. The van der Waals surface area contributed by atoms with E-state index in [0.29, 0.717) is 17.7 Å². The van der Waals surface area contributed by atoms with Gasteiger partial charge in [0, 0.05) is 12.0 Å². The van der Waals surface area contributed by atoms with E-state index in [2.05, 4.69) is 6.92 Å². The standard InChI is InChI=1S/C19H26O4/c1-4-5-6-7-8-14-11-13-9-10-16(20)15(13)12-17(14)23-19(2,3)18(21)22/h11-12H,4-10H2,1-3H3,(H,21,22). The second kappa shape index (κ2) is 7.16. The molecule has 4 nitrogen and oxygen atoms in total. The van der Waals surface area contributed by atoms with Gasteiger partial charge < -0.3 is 9.84 Å². The summed E-state index contributed by atoms with van der Waals surface area (Å²) in [6.07, 6.45) is 6.73. The van der Waals surface area contributed by atoms with Gasteiger partial charge in [-0.3, -0.25) is 4.79 Å². The zero-order valence-electron chi connectivity index (χ0n) is 14.3. The minimum absolute atomic E-state index is 0.121. The molecule has 0 aliphatic heterocycles. The smallest absolute Gasteiger partial charge is 0.347 e. The van der Waals surface area contributed by atoms with Gasteiger partial charge >= 0.3 is 5.97 Å². The Kier molecular flexibility index (Phi) is 5.45. The van der Waals surface area contributed by atoms with Crippen molar-refractivity contribution in [2.45, 2.75) is 71.3 Å². The molecule has 0 heterocycles. The van der Waals surface area contributed by atoms with Gasteiger partial charge in [0.2, 0.25) is 0 Å². The van der Waals surface area contributed by atoms with Crippen LogP contribution in [-0.2, 0) is 17.6 Å². The van der Waals surface area contributed by atoms with Crippen LogP contribution in [0.15, 0.2) is 12.1 Å². The maximum Gasteiger partial charge on any atom is 0.347 e. The molecule has 0 spiro atoms. The second-order valence-electron chi connectivity index (χ2n) is 6.77. The fourth-order valence-electron chi connectivity index (χ4n) is 2.88. The lowest BCUT2D eigenvalue weighted by molar-refractivity contribution is -0.152. The summed E-state index contributed by atoms with van der Waals surface area (Å²) in [5.74, 6) is -0.348. The summed E-state index contributed by atoms with van der Waals surface area (Å²) in [6, 6.07) is 3.80. The fraction of sp³-hybridized carbons (Fsp3) is 0.579. The molecule has 2 rings (SSSR count). The van der Waals surface area contributed by atoms with Gasteiger partial charge in [0.05, 0.1) is 0 Å². The molecule has 0 amide bonds. The first-order valence-corrected chi connectivity index (χ1v) is 8.46. The molecule has 1 aromatic rings. The predicted molar refractivity (Wildman–Crippen MR) is 89.3 cm³/mol. The highest BCUT2D eigenvalue weighted by Gasteiger charge is 2.31. The van der Waals surface area contributed by atoms with Crippen LogP contribution in [0.1, 0.15) is 74.4 Å². The Morgan fingerprint density at radius 1 is 1.22 bits per heavy atom. The number of carboxylic acids is 1. The molecule has 0 saturated heterocycles. The van der Waals surface area contributed by atoms with E-state index < -0.39 is 11.6 Å². The van der Waals surface area contributed by atoms with Crippen molar-refractivity contribution in [3.63, 3.8) is 0 Å². The summed E-state index contributed by atoms with van der Waals surface area (Å²) >= 11 is 0. The van der Waals surface area contributed by atoms with Gasteiger partial charge in [-0.2, -0.15) is 0 Å². The number of benzene rings is 1. The largest absolute Gasteiger partial charge is 0.478 e. The maximum atomic E-state index is 12.0. The first-order chi connectivity index (χ1) is 10.8. The van der Waals surface area contributed by atoms with Crippen molar-refractivity contribution in [3.05, 3.63) is 28.8 Å². The number of ketones is 1. The maximum absolute atomic E-state index is 12.0. The van der Waals surface area contributed by atoms with Crippen molar-refractivity contribution in [1.82, 2.24) is 0 Å². The SMILES string of the molecule is CCCCCCc1cc2c(cc1OC(C)(C)C(=O)O)C(=O)CC2. The molecule has 1 aliphatic carbocycles. The number of hydrogen-bond acceptors (Lipinski definition) is 3. The molecule has 0 atom stereocenters. The molecule has 4 heteroatoms. The number of carbonyl (C=O) groups excluding carboxylic acids is 1. The zero-order valence-corrected chi connectivity index (χ0v) is 14.3. The molecule has 23 heavy (non-hydrogen) atoms. The van der Waals surface area contributed by atoms with E-state index in [-0.39, 0.29) is 5.78 Å². The van der Waals surface area contributed by atoms with E-state index in [9.17, 15) is 14.7 Å². The van der Waals surface area contributed by atoms with Crippen molar-refractivity contribution in [1.29, 1.82) is 0 Å². The van der Waals surface area contributed by atoms with E-state index >= 15 is 0 Å². The number of Topliss-reactive ketones (excluding diaryl/α,β-unsaturated/α-hetero) is 1. The van der Waals surface area contributed by atoms with Gasteiger partial charge in [0.1, 0.15) is 5.75 Å². The van der Waals surface area contributed by atoms with Crippen LogP contribution in [0.2, 0.25) is 0 Å². The fourth-order valence-corrected chi connectivity index (χ4v) is 2.88. The highest BCUT2D eigenvalue weighted by molar-refractivity contribution is 6.01. The Balaban J connectivity index is 2.27. The van der Waals surface area contributed by atoms with Gasteiger partial charge in [-0.05, 0) is 50.3 Å². The monoisotopic (exact) mass is 318 g/mol. The number of hydrogen-bond donors (Lipinski definition) is 1. The van der Waals surface area contributed by atoms with Gasteiger partial charge in [0.25, 0.3) is 0 Å². The highest BCUT2D eigenvalue weighted by Crippen LogP contribution is 2.33. The normalized spacial score (nSPS) is 14.0. The number of ether oxygens (including phenoxy) is 1. The number of aryl methyl sites for hydroxylation is 2. The predicted octanol–water partition coefficient (Wildman–Crippen LogP) is 4.18. The summed E-state index contributed by atoms with van der Waals surface area (Å²) in [6.45, 7) is 5.24. The highest BCUT2D eigenvalue weighted by atomic mass is 16.5. The van der Waals surface area contributed by atoms with Crippen LogP contribution in [-0.4, -0.2) is 22.5 Å². The first kappa shape index (κ1) is 17.5. The van der Waals surface area contributed by atoms with E-state index in [0.717, 1.165) is 36.8 Å². The number of unbranched alkanes of at least 4 members (excludes halogenated alkanes) is 3. The third kappa shape index (κ3) is 4.12. The molecule has 126 valence electrons. The summed E-state index contributed by atoms with van der Waals surface area (Å²) in [5, 5.41) is 9.29. The Morgan fingerprint density at radius 3 is 2.61 bits per heavy atom. The molecule has 0 unspecified atom stereocenters. The third-order valence-electron chi connectivity index (χ3n) is 4.39. The molecule has 1 aliphatic rings. The average molecular weight is 318 g/mol. The van der Waals surface area contributed by atoms with Crippen LogP contribution < -0.4 is 4.74 Å². The molecule has 0 saturated carbocycles. The van der Waals surface area contributed by atoms with E-state index in [1.54, 1.807) is 6.07 Å². The summed E-state index contributed by atoms with van der Waals surface area (Å²) in [7, 11) is 0. The molecule has 0 aromatic heterocycles. The summed E-state index contributed by atoms with van der Waals surface area (Å²) in [5.41, 5.74) is 1.47. The number of aliphatic carboxylic acids is 1. The minimum atomic E-state index is -1.31. The molecule has 0 bridgehead atoms. The van der Waals surface area contributed by atoms with Crippen LogP contribution in [0.4, 0.5) is 0 Å². The third-order valence-corrected chi connectivity index (χ3v) is 4.39. The zero-order chi connectivity index (χ0) is 17.0. The minimum Gasteiger partial charge on any atom is -0.478 e. The van der Waals surface area contributed by atoms with Crippen molar-refractivity contribution < 1.29 is 19.4 Å². The van der Waals surface area contributed by atoms with Crippen molar-refractivity contribution >= 4 is 11.8 Å². The van der Waals surface area contributed by atoms with E-state index in [1.807, 2.05) is 6.07 Å². The van der Waals surface area contributed by atoms with E-state index in [1.165, 1.54) is 26.7 Å². The van der Waals surface area contributed by atoms with Crippen LogP contribution in [0, 0.1) is 0 Å². The molecule has 1 N–H and O–H groups in total.